The molecule has 0 fully saturated rings. The minimum atomic E-state index is -0.456. The average molecular weight is 288 g/mol. The van der Waals surface area contributed by atoms with Crippen LogP contribution < -0.4 is 10.6 Å². The number of rotatable bonds is 4. The van der Waals surface area contributed by atoms with Crippen LogP contribution in [0.1, 0.15) is 17.3 Å². The van der Waals surface area contributed by atoms with Gasteiger partial charge in [0.05, 0.1) is 17.9 Å². The lowest BCUT2D eigenvalue weighted by molar-refractivity contribution is 0.0527. The van der Waals surface area contributed by atoms with E-state index in [0.29, 0.717) is 22.6 Å². The van der Waals surface area contributed by atoms with Gasteiger partial charge in [0.2, 0.25) is 0 Å². The predicted octanol–water partition coefficient (Wildman–Crippen LogP) is 3.35. The van der Waals surface area contributed by atoms with Gasteiger partial charge in [-0.15, -0.1) is 0 Å². The molecule has 2 aromatic carbocycles. The Labute approximate surface area is 122 Å². The molecule has 110 valence electrons. The summed E-state index contributed by atoms with van der Waals surface area (Å²) in [5, 5.41) is 0. The van der Waals surface area contributed by atoms with Crippen molar-refractivity contribution in [1.29, 1.82) is 0 Å². The molecule has 0 aliphatic rings. The highest BCUT2D eigenvalue weighted by molar-refractivity contribution is 5.98. The number of ether oxygens (including phenoxy) is 1. The van der Waals surface area contributed by atoms with Crippen molar-refractivity contribution in [2.45, 2.75) is 6.92 Å². The van der Waals surface area contributed by atoms with E-state index in [1.54, 1.807) is 49.2 Å². The second-order valence-electron chi connectivity index (χ2n) is 4.54. The SMILES string of the molecule is CCOC(=O)c1cc(N)ccc1N(C)c1cccc(F)c1. The number of hydrogen-bond acceptors (Lipinski definition) is 4. The molecule has 0 aromatic heterocycles. The van der Waals surface area contributed by atoms with Crippen LogP contribution in [0.4, 0.5) is 21.5 Å². The van der Waals surface area contributed by atoms with Crippen LogP contribution in [0.2, 0.25) is 0 Å². The third kappa shape index (κ3) is 3.31. The molecule has 0 spiro atoms. The van der Waals surface area contributed by atoms with Gasteiger partial charge < -0.3 is 15.4 Å². The fourth-order valence-corrected chi connectivity index (χ4v) is 2.04. The molecular formula is C16H17FN2O2. The highest BCUT2D eigenvalue weighted by Crippen LogP contribution is 2.29. The molecule has 0 heterocycles. The van der Waals surface area contributed by atoms with E-state index in [-0.39, 0.29) is 12.4 Å². The molecule has 0 saturated heterocycles. The van der Waals surface area contributed by atoms with Gasteiger partial charge in [-0.3, -0.25) is 0 Å². The summed E-state index contributed by atoms with van der Waals surface area (Å²) in [6.07, 6.45) is 0. The number of carbonyl (C=O) groups excluding carboxylic acids is 1. The molecule has 5 heteroatoms. The molecule has 4 nitrogen and oxygen atoms in total. The number of nitrogens with zero attached hydrogens (tertiary/aromatic N) is 1. The van der Waals surface area contributed by atoms with Crippen LogP contribution in [0.25, 0.3) is 0 Å². The molecule has 0 amide bonds. The van der Waals surface area contributed by atoms with Gasteiger partial charge in [-0.05, 0) is 43.3 Å². The monoisotopic (exact) mass is 288 g/mol. The van der Waals surface area contributed by atoms with Gasteiger partial charge in [0.1, 0.15) is 5.82 Å². The molecule has 0 radical (unpaired) electrons. The Kier molecular flexibility index (Phi) is 4.42. The van der Waals surface area contributed by atoms with E-state index >= 15 is 0 Å². The summed E-state index contributed by atoms with van der Waals surface area (Å²) in [6, 6.07) is 11.1. The first-order valence-electron chi connectivity index (χ1n) is 6.59. The smallest absolute Gasteiger partial charge is 0.340 e. The van der Waals surface area contributed by atoms with E-state index in [4.69, 9.17) is 10.5 Å². The maximum Gasteiger partial charge on any atom is 0.340 e. The van der Waals surface area contributed by atoms with E-state index < -0.39 is 5.97 Å². The number of nitrogen functional groups attached to an aromatic ring is 1. The van der Waals surface area contributed by atoms with Crippen LogP contribution in [-0.2, 0) is 4.74 Å². The number of carbonyl (C=O) groups is 1. The molecular weight excluding hydrogens is 271 g/mol. The zero-order valence-electron chi connectivity index (χ0n) is 12.0. The maximum atomic E-state index is 13.3. The summed E-state index contributed by atoms with van der Waals surface area (Å²) in [5.41, 5.74) is 7.79. The molecule has 0 unspecified atom stereocenters. The molecule has 0 saturated carbocycles. The summed E-state index contributed by atoms with van der Waals surface area (Å²) in [6.45, 7) is 2.01. The highest BCUT2D eigenvalue weighted by atomic mass is 19.1. The van der Waals surface area contributed by atoms with Gasteiger partial charge in [0, 0.05) is 18.4 Å². The molecule has 21 heavy (non-hydrogen) atoms. The summed E-state index contributed by atoms with van der Waals surface area (Å²) in [7, 11) is 1.75. The van der Waals surface area contributed by atoms with E-state index in [2.05, 4.69) is 0 Å². The Balaban J connectivity index is 2.45. The first kappa shape index (κ1) is 14.8. The summed E-state index contributed by atoms with van der Waals surface area (Å²) < 4.78 is 18.4. The minimum absolute atomic E-state index is 0.275. The van der Waals surface area contributed by atoms with E-state index in [9.17, 15) is 9.18 Å². The largest absolute Gasteiger partial charge is 0.462 e. The molecule has 0 bridgehead atoms. The zero-order chi connectivity index (χ0) is 15.4. The highest BCUT2D eigenvalue weighted by Gasteiger charge is 2.17. The van der Waals surface area contributed by atoms with Gasteiger partial charge >= 0.3 is 5.97 Å². The van der Waals surface area contributed by atoms with E-state index in [0.717, 1.165) is 0 Å². The Hall–Kier alpha value is -2.56. The minimum Gasteiger partial charge on any atom is -0.462 e. The van der Waals surface area contributed by atoms with Crippen LogP contribution >= 0.6 is 0 Å². The van der Waals surface area contributed by atoms with Crippen LogP contribution in [0.15, 0.2) is 42.5 Å². The van der Waals surface area contributed by atoms with Gasteiger partial charge in [-0.25, -0.2) is 9.18 Å². The van der Waals surface area contributed by atoms with Crippen LogP contribution in [-0.4, -0.2) is 19.6 Å². The lowest BCUT2D eigenvalue weighted by atomic mass is 10.1. The Morgan fingerprint density at radius 2 is 2.05 bits per heavy atom. The van der Waals surface area contributed by atoms with Gasteiger partial charge in [-0.2, -0.15) is 0 Å². The van der Waals surface area contributed by atoms with Crippen LogP contribution in [0.5, 0.6) is 0 Å². The van der Waals surface area contributed by atoms with Crippen LogP contribution in [0.3, 0.4) is 0 Å². The van der Waals surface area contributed by atoms with Crippen molar-refractivity contribution in [2.24, 2.45) is 0 Å². The van der Waals surface area contributed by atoms with Crippen molar-refractivity contribution in [1.82, 2.24) is 0 Å². The summed E-state index contributed by atoms with van der Waals surface area (Å²) in [4.78, 5) is 13.8. The fraction of sp³-hybridized carbons (Fsp3) is 0.188. The quantitative estimate of drug-likeness (QED) is 0.692. The second kappa shape index (κ2) is 6.26. The molecule has 0 aliphatic heterocycles. The number of benzene rings is 2. The fourth-order valence-electron chi connectivity index (χ4n) is 2.04. The number of esters is 1. The first-order chi connectivity index (χ1) is 10.0. The summed E-state index contributed by atoms with van der Waals surface area (Å²) >= 11 is 0. The molecule has 2 aromatic rings. The lowest BCUT2D eigenvalue weighted by Crippen LogP contribution is -2.16. The Morgan fingerprint density at radius 3 is 2.71 bits per heavy atom. The molecule has 2 N–H and O–H groups in total. The van der Waals surface area contributed by atoms with Gasteiger partial charge in [0.15, 0.2) is 0 Å². The number of nitrogens with two attached hydrogens (primary N) is 1. The van der Waals surface area contributed by atoms with Crippen molar-refractivity contribution >= 4 is 23.0 Å². The zero-order valence-corrected chi connectivity index (χ0v) is 12.0. The second-order valence-corrected chi connectivity index (χ2v) is 4.54. The predicted molar refractivity (Wildman–Crippen MR) is 81.3 cm³/mol. The van der Waals surface area contributed by atoms with E-state index in [1.165, 1.54) is 12.1 Å². The van der Waals surface area contributed by atoms with Gasteiger partial charge in [-0.1, -0.05) is 6.07 Å². The lowest BCUT2D eigenvalue weighted by Gasteiger charge is -2.22. The van der Waals surface area contributed by atoms with Crippen molar-refractivity contribution in [3.8, 4) is 0 Å². The average Bonchev–Trinajstić information content (AvgIpc) is 2.46. The first-order valence-corrected chi connectivity index (χ1v) is 6.59. The number of halogens is 1. The standard InChI is InChI=1S/C16H17FN2O2/c1-3-21-16(20)14-10-12(18)7-8-15(14)19(2)13-6-4-5-11(17)9-13/h4-10H,3,18H2,1-2H3. The number of hydrogen-bond donors (Lipinski definition) is 1. The molecule has 0 atom stereocenters. The normalized spacial score (nSPS) is 10.2. The molecule has 2 rings (SSSR count). The maximum absolute atomic E-state index is 13.3. The topological polar surface area (TPSA) is 55.6 Å². The van der Waals surface area contributed by atoms with E-state index in [1.807, 2.05) is 0 Å². The Bertz CT molecular complexity index is 658. The van der Waals surface area contributed by atoms with Gasteiger partial charge in [0.25, 0.3) is 0 Å². The van der Waals surface area contributed by atoms with Crippen molar-refractivity contribution in [3.05, 3.63) is 53.8 Å². The molecule has 0 aliphatic carbocycles. The number of anilines is 3. The van der Waals surface area contributed by atoms with Crippen LogP contribution in [0, 0.1) is 5.82 Å². The Morgan fingerprint density at radius 1 is 1.29 bits per heavy atom. The van der Waals surface area contributed by atoms with Crippen molar-refractivity contribution in [3.63, 3.8) is 0 Å². The van der Waals surface area contributed by atoms with Crippen molar-refractivity contribution < 1.29 is 13.9 Å². The third-order valence-corrected chi connectivity index (χ3v) is 3.07. The van der Waals surface area contributed by atoms with Crippen molar-refractivity contribution in [2.75, 3.05) is 24.3 Å². The third-order valence-electron chi connectivity index (χ3n) is 3.07. The summed E-state index contributed by atoms with van der Waals surface area (Å²) in [5.74, 6) is -0.796.